The summed E-state index contributed by atoms with van der Waals surface area (Å²) >= 11 is 0. The van der Waals surface area contributed by atoms with Gasteiger partial charge in [-0.3, -0.25) is 4.39 Å². The summed E-state index contributed by atoms with van der Waals surface area (Å²) in [5.41, 5.74) is 7.11. The summed E-state index contributed by atoms with van der Waals surface area (Å²) in [6.45, 7) is 1.74. The van der Waals surface area contributed by atoms with Crippen molar-refractivity contribution in [2.75, 3.05) is 32.2 Å². The van der Waals surface area contributed by atoms with Gasteiger partial charge in [-0.15, -0.1) is 0 Å². The molecule has 15 heavy (non-hydrogen) atoms. The Morgan fingerprint density at radius 3 is 2.13 bits per heavy atom. The van der Waals surface area contributed by atoms with Crippen LogP contribution in [0.1, 0.15) is 12.5 Å². The fraction of sp³-hybridized carbons (Fsp3) is 0.500. The summed E-state index contributed by atoms with van der Waals surface area (Å²) < 4.78 is 12.9. The monoisotopic (exact) mass is 210 g/mol. The number of anilines is 1. The van der Waals surface area contributed by atoms with Crippen LogP contribution in [-0.4, -0.2) is 27.3 Å². The third-order valence-electron chi connectivity index (χ3n) is 2.83. The number of nitrogens with zero attached hydrogens (tertiary/aromatic N) is 1. The number of benzene rings is 1. The van der Waals surface area contributed by atoms with Crippen molar-refractivity contribution in [3.05, 3.63) is 29.8 Å². The van der Waals surface area contributed by atoms with Gasteiger partial charge in [0.25, 0.3) is 0 Å². The molecule has 0 spiro atoms. The van der Waals surface area contributed by atoms with E-state index in [0.717, 1.165) is 11.3 Å². The SMILES string of the molecule is CN(C)c1ccc(C(C)(CN)CF)cc1. The number of hydrogen-bond acceptors (Lipinski definition) is 2. The Kier molecular flexibility index (Phi) is 3.69. The molecule has 0 heterocycles. The van der Waals surface area contributed by atoms with Crippen molar-refractivity contribution in [2.24, 2.45) is 5.73 Å². The first-order valence-corrected chi connectivity index (χ1v) is 5.07. The highest BCUT2D eigenvalue weighted by Crippen LogP contribution is 2.25. The number of alkyl halides is 1. The zero-order chi connectivity index (χ0) is 11.5. The van der Waals surface area contributed by atoms with Gasteiger partial charge >= 0.3 is 0 Å². The van der Waals surface area contributed by atoms with Crippen LogP contribution >= 0.6 is 0 Å². The van der Waals surface area contributed by atoms with Crippen molar-refractivity contribution in [3.8, 4) is 0 Å². The molecule has 2 N–H and O–H groups in total. The average molecular weight is 210 g/mol. The maximum Gasteiger partial charge on any atom is 0.1000 e. The van der Waals surface area contributed by atoms with Gasteiger partial charge in [-0.05, 0) is 17.7 Å². The van der Waals surface area contributed by atoms with Crippen molar-refractivity contribution in [1.29, 1.82) is 0 Å². The summed E-state index contributed by atoms with van der Waals surface area (Å²) in [6.07, 6.45) is 0. The second-order valence-corrected chi connectivity index (χ2v) is 4.34. The lowest BCUT2D eigenvalue weighted by atomic mass is 9.84. The van der Waals surface area contributed by atoms with Gasteiger partial charge in [0.2, 0.25) is 0 Å². The predicted octanol–water partition coefficient (Wildman–Crippen LogP) is 1.94. The van der Waals surface area contributed by atoms with E-state index in [1.165, 1.54) is 0 Å². The van der Waals surface area contributed by atoms with Gasteiger partial charge in [0, 0.05) is 31.7 Å². The second-order valence-electron chi connectivity index (χ2n) is 4.34. The van der Waals surface area contributed by atoms with Crippen molar-refractivity contribution in [1.82, 2.24) is 0 Å². The normalized spacial score (nSPS) is 14.7. The van der Waals surface area contributed by atoms with Gasteiger partial charge in [0.05, 0.1) is 6.67 Å². The number of nitrogens with two attached hydrogens (primary N) is 1. The summed E-state index contributed by atoms with van der Waals surface area (Å²) in [5, 5.41) is 0. The molecule has 0 aliphatic heterocycles. The minimum atomic E-state index is -0.551. The lowest BCUT2D eigenvalue weighted by Gasteiger charge is -2.25. The van der Waals surface area contributed by atoms with Crippen LogP contribution in [0.3, 0.4) is 0 Å². The molecular formula is C12H19FN2. The van der Waals surface area contributed by atoms with E-state index < -0.39 is 12.1 Å². The summed E-state index contributed by atoms with van der Waals surface area (Å²) in [5.74, 6) is 0. The summed E-state index contributed by atoms with van der Waals surface area (Å²) in [4.78, 5) is 2.01. The molecule has 0 aliphatic rings. The van der Waals surface area contributed by atoms with Crippen LogP contribution in [0.4, 0.5) is 10.1 Å². The van der Waals surface area contributed by atoms with E-state index >= 15 is 0 Å². The van der Waals surface area contributed by atoms with Crippen LogP contribution in [0.15, 0.2) is 24.3 Å². The standard InChI is InChI=1S/C12H19FN2/c1-12(8-13,9-14)10-4-6-11(7-5-10)15(2)3/h4-7H,8-9,14H2,1-3H3. The molecule has 1 aromatic carbocycles. The lowest BCUT2D eigenvalue weighted by molar-refractivity contribution is 0.334. The highest BCUT2D eigenvalue weighted by molar-refractivity contribution is 5.47. The Morgan fingerprint density at radius 1 is 1.27 bits per heavy atom. The molecule has 0 amide bonds. The summed E-state index contributed by atoms with van der Waals surface area (Å²) in [6, 6.07) is 7.86. The zero-order valence-corrected chi connectivity index (χ0v) is 9.63. The van der Waals surface area contributed by atoms with Gasteiger partial charge in [-0.1, -0.05) is 19.1 Å². The molecule has 1 unspecified atom stereocenters. The van der Waals surface area contributed by atoms with Crippen LogP contribution < -0.4 is 10.6 Å². The van der Waals surface area contributed by atoms with Gasteiger partial charge in [0.15, 0.2) is 0 Å². The Balaban J connectivity index is 2.97. The van der Waals surface area contributed by atoms with E-state index in [-0.39, 0.29) is 0 Å². The van der Waals surface area contributed by atoms with Crippen molar-refractivity contribution in [2.45, 2.75) is 12.3 Å². The fourth-order valence-corrected chi connectivity index (χ4v) is 1.41. The first kappa shape index (κ1) is 12.0. The van der Waals surface area contributed by atoms with E-state index in [2.05, 4.69) is 0 Å². The predicted molar refractivity (Wildman–Crippen MR) is 63.2 cm³/mol. The van der Waals surface area contributed by atoms with Crippen molar-refractivity contribution in [3.63, 3.8) is 0 Å². The molecule has 0 aromatic heterocycles. The molecule has 2 nitrogen and oxygen atoms in total. The first-order valence-electron chi connectivity index (χ1n) is 5.07. The fourth-order valence-electron chi connectivity index (χ4n) is 1.41. The van der Waals surface area contributed by atoms with Crippen LogP contribution in [0.5, 0.6) is 0 Å². The number of halogens is 1. The molecule has 0 saturated carbocycles. The maximum atomic E-state index is 12.9. The zero-order valence-electron chi connectivity index (χ0n) is 9.63. The molecule has 1 rings (SSSR count). The summed E-state index contributed by atoms with van der Waals surface area (Å²) in [7, 11) is 3.96. The van der Waals surface area contributed by atoms with E-state index in [1.807, 2.05) is 50.2 Å². The molecular weight excluding hydrogens is 191 g/mol. The van der Waals surface area contributed by atoms with Crippen LogP contribution in [0.2, 0.25) is 0 Å². The number of rotatable bonds is 4. The molecule has 0 fully saturated rings. The van der Waals surface area contributed by atoms with Gasteiger partial charge in [-0.2, -0.15) is 0 Å². The third kappa shape index (κ3) is 2.48. The Hall–Kier alpha value is -1.09. The van der Waals surface area contributed by atoms with E-state index in [4.69, 9.17) is 5.73 Å². The van der Waals surface area contributed by atoms with E-state index in [0.29, 0.717) is 6.54 Å². The highest BCUT2D eigenvalue weighted by atomic mass is 19.1. The molecule has 0 saturated heterocycles. The Morgan fingerprint density at radius 2 is 1.80 bits per heavy atom. The van der Waals surface area contributed by atoms with Crippen molar-refractivity contribution >= 4 is 5.69 Å². The van der Waals surface area contributed by atoms with Gasteiger partial charge in [-0.25, -0.2) is 0 Å². The topological polar surface area (TPSA) is 29.3 Å². The molecule has 84 valence electrons. The highest BCUT2D eigenvalue weighted by Gasteiger charge is 2.24. The van der Waals surface area contributed by atoms with Crippen LogP contribution in [-0.2, 0) is 5.41 Å². The molecule has 0 radical (unpaired) electrons. The molecule has 1 aromatic rings. The minimum absolute atomic E-state index is 0.324. The van der Waals surface area contributed by atoms with Crippen molar-refractivity contribution < 1.29 is 4.39 Å². The first-order chi connectivity index (χ1) is 7.03. The van der Waals surface area contributed by atoms with Crippen LogP contribution in [0.25, 0.3) is 0 Å². The largest absolute Gasteiger partial charge is 0.378 e. The second kappa shape index (κ2) is 4.62. The smallest absolute Gasteiger partial charge is 0.1000 e. The van der Waals surface area contributed by atoms with E-state index in [1.54, 1.807) is 0 Å². The average Bonchev–Trinajstić information content (AvgIpc) is 2.28. The lowest BCUT2D eigenvalue weighted by Crippen LogP contribution is -2.34. The minimum Gasteiger partial charge on any atom is -0.378 e. The third-order valence-corrected chi connectivity index (χ3v) is 2.83. The quantitative estimate of drug-likeness (QED) is 0.823. The van der Waals surface area contributed by atoms with Gasteiger partial charge in [0.1, 0.15) is 0 Å². The molecule has 0 aliphatic carbocycles. The Bertz CT molecular complexity index is 302. The molecule has 3 heteroatoms. The molecule has 1 atom stereocenters. The van der Waals surface area contributed by atoms with Crippen LogP contribution in [0, 0.1) is 0 Å². The molecule has 0 bridgehead atoms. The maximum absolute atomic E-state index is 12.9. The van der Waals surface area contributed by atoms with E-state index in [9.17, 15) is 4.39 Å². The van der Waals surface area contributed by atoms with Gasteiger partial charge < -0.3 is 10.6 Å². The Labute approximate surface area is 90.9 Å². The number of hydrogen-bond donors (Lipinski definition) is 1.